The summed E-state index contributed by atoms with van der Waals surface area (Å²) in [4.78, 5) is 0. The van der Waals surface area contributed by atoms with Crippen LogP contribution >= 0.6 is 0 Å². The SMILES string of the molecule is CCCC(F)(CN)C1CCOC1. The molecule has 0 aliphatic carbocycles. The van der Waals surface area contributed by atoms with E-state index in [1.807, 2.05) is 6.92 Å². The van der Waals surface area contributed by atoms with Crippen LogP contribution in [0.25, 0.3) is 0 Å². The fraction of sp³-hybridized carbons (Fsp3) is 1.00. The Morgan fingerprint density at radius 2 is 2.42 bits per heavy atom. The van der Waals surface area contributed by atoms with Crippen LogP contribution in [0.4, 0.5) is 4.39 Å². The van der Waals surface area contributed by atoms with Gasteiger partial charge in [-0.3, -0.25) is 0 Å². The van der Waals surface area contributed by atoms with Gasteiger partial charge in [0.1, 0.15) is 5.67 Å². The van der Waals surface area contributed by atoms with Crippen LogP contribution in [0.3, 0.4) is 0 Å². The first kappa shape index (κ1) is 9.93. The summed E-state index contributed by atoms with van der Waals surface area (Å²) in [5, 5.41) is 0. The molecule has 1 aliphatic rings. The van der Waals surface area contributed by atoms with Gasteiger partial charge in [0.05, 0.1) is 6.61 Å². The van der Waals surface area contributed by atoms with E-state index < -0.39 is 5.67 Å². The van der Waals surface area contributed by atoms with Crippen LogP contribution in [-0.2, 0) is 4.74 Å². The Bertz CT molecular complexity index is 136. The van der Waals surface area contributed by atoms with Crippen LogP contribution in [0, 0.1) is 5.92 Å². The van der Waals surface area contributed by atoms with Crippen molar-refractivity contribution in [3.63, 3.8) is 0 Å². The monoisotopic (exact) mass is 175 g/mol. The molecule has 1 fully saturated rings. The summed E-state index contributed by atoms with van der Waals surface area (Å²) >= 11 is 0. The fourth-order valence-corrected chi connectivity index (χ4v) is 1.83. The molecule has 0 aromatic rings. The Morgan fingerprint density at radius 1 is 1.67 bits per heavy atom. The van der Waals surface area contributed by atoms with E-state index in [2.05, 4.69) is 0 Å². The van der Waals surface area contributed by atoms with Crippen molar-refractivity contribution in [3.8, 4) is 0 Å². The van der Waals surface area contributed by atoms with Gasteiger partial charge in [0, 0.05) is 19.1 Å². The molecule has 2 nitrogen and oxygen atoms in total. The van der Waals surface area contributed by atoms with Gasteiger partial charge in [-0.1, -0.05) is 13.3 Å². The van der Waals surface area contributed by atoms with Gasteiger partial charge in [0.25, 0.3) is 0 Å². The average Bonchev–Trinajstić information content (AvgIpc) is 2.57. The molecule has 0 amide bonds. The van der Waals surface area contributed by atoms with Gasteiger partial charge in [0.15, 0.2) is 0 Å². The standard InChI is InChI=1S/C9H18FNO/c1-2-4-9(10,7-11)8-3-5-12-6-8/h8H,2-7,11H2,1H3. The highest BCUT2D eigenvalue weighted by molar-refractivity contribution is 4.89. The Kier molecular flexibility index (Phi) is 3.47. The molecule has 1 heterocycles. The summed E-state index contributed by atoms with van der Waals surface area (Å²) in [5.74, 6) is 0.0300. The number of hydrogen-bond donors (Lipinski definition) is 1. The number of ether oxygens (including phenoxy) is 1. The van der Waals surface area contributed by atoms with Crippen LogP contribution in [0.15, 0.2) is 0 Å². The van der Waals surface area contributed by atoms with Crippen LogP contribution in [0.5, 0.6) is 0 Å². The van der Waals surface area contributed by atoms with Crippen molar-refractivity contribution in [2.75, 3.05) is 19.8 Å². The van der Waals surface area contributed by atoms with Gasteiger partial charge in [-0.2, -0.15) is 0 Å². The summed E-state index contributed by atoms with van der Waals surface area (Å²) in [6.45, 7) is 3.36. The average molecular weight is 175 g/mol. The summed E-state index contributed by atoms with van der Waals surface area (Å²) in [6, 6.07) is 0. The predicted octanol–water partition coefficient (Wildman–Crippen LogP) is 1.49. The molecule has 2 unspecified atom stereocenters. The third-order valence-corrected chi connectivity index (χ3v) is 2.67. The third kappa shape index (κ3) is 1.96. The van der Waals surface area contributed by atoms with E-state index in [0.717, 1.165) is 12.8 Å². The second kappa shape index (κ2) is 4.19. The van der Waals surface area contributed by atoms with Gasteiger partial charge < -0.3 is 10.5 Å². The Balaban J connectivity index is 2.51. The molecule has 1 saturated heterocycles. The lowest BCUT2D eigenvalue weighted by Gasteiger charge is -2.28. The topological polar surface area (TPSA) is 35.2 Å². The fourth-order valence-electron chi connectivity index (χ4n) is 1.83. The van der Waals surface area contributed by atoms with E-state index in [9.17, 15) is 4.39 Å². The van der Waals surface area contributed by atoms with Gasteiger partial charge in [0.2, 0.25) is 0 Å². The smallest absolute Gasteiger partial charge is 0.128 e. The Labute approximate surface area is 73.3 Å². The first-order valence-corrected chi connectivity index (χ1v) is 4.69. The van der Waals surface area contributed by atoms with Crippen molar-refractivity contribution >= 4 is 0 Å². The second-order valence-electron chi connectivity index (χ2n) is 3.55. The minimum atomic E-state index is -1.18. The molecular formula is C9H18FNO. The van der Waals surface area contributed by atoms with Gasteiger partial charge in [-0.05, 0) is 12.8 Å². The van der Waals surface area contributed by atoms with E-state index >= 15 is 0 Å². The Hall–Kier alpha value is -0.150. The lowest BCUT2D eigenvalue weighted by atomic mass is 9.85. The van der Waals surface area contributed by atoms with Crippen molar-refractivity contribution in [1.82, 2.24) is 0 Å². The molecule has 2 N–H and O–H groups in total. The normalized spacial score (nSPS) is 28.8. The van der Waals surface area contributed by atoms with Crippen molar-refractivity contribution < 1.29 is 9.13 Å². The predicted molar refractivity (Wildman–Crippen MR) is 46.7 cm³/mol. The highest BCUT2D eigenvalue weighted by atomic mass is 19.1. The molecule has 0 aromatic heterocycles. The molecule has 1 aliphatic heterocycles. The highest BCUT2D eigenvalue weighted by Crippen LogP contribution is 2.32. The maximum absolute atomic E-state index is 14.0. The summed E-state index contributed by atoms with van der Waals surface area (Å²) in [5.41, 5.74) is 4.27. The first-order chi connectivity index (χ1) is 5.73. The lowest BCUT2D eigenvalue weighted by molar-refractivity contribution is 0.0654. The summed E-state index contributed by atoms with van der Waals surface area (Å²) in [7, 11) is 0. The summed E-state index contributed by atoms with van der Waals surface area (Å²) < 4.78 is 19.2. The molecule has 0 radical (unpaired) electrons. The van der Waals surface area contributed by atoms with E-state index in [0.29, 0.717) is 19.6 Å². The first-order valence-electron chi connectivity index (χ1n) is 4.69. The van der Waals surface area contributed by atoms with Crippen LogP contribution in [-0.4, -0.2) is 25.4 Å². The van der Waals surface area contributed by atoms with E-state index in [4.69, 9.17) is 10.5 Å². The maximum Gasteiger partial charge on any atom is 0.128 e. The van der Waals surface area contributed by atoms with Crippen LogP contribution in [0.1, 0.15) is 26.2 Å². The maximum atomic E-state index is 14.0. The van der Waals surface area contributed by atoms with E-state index in [1.165, 1.54) is 0 Å². The van der Waals surface area contributed by atoms with Crippen molar-refractivity contribution in [1.29, 1.82) is 0 Å². The quantitative estimate of drug-likeness (QED) is 0.702. The highest BCUT2D eigenvalue weighted by Gasteiger charge is 2.39. The molecule has 72 valence electrons. The van der Waals surface area contributed by atoms with Crippen LogP contribution < -0.4 is 5.73 Å². The minimum Gasteiger partial charge on any atom is -0.381 e. The zero-order valence-corrected chi connectivity index (χ0v) is 7.68. The molecule has 1 rings (SSSR count). The molecule has 0 spiro atoms. The molecule has 0 aromatic carbocycles. The van der Waals surface area contributed by atoms with E-state index in [-0.39, 0.29) is 12.5 Å². The van der Waals surface area contributed by atoms with Gasteiger partial charge >= 0.3 is 0 Å². The zero-order valence-electron chi connectivity index (χ0n) is 7.68. The van der Waals surface area contributed by atoms with Gasteiger partial charge in [-0.15, -0.1) is 0 Å². The molecule has 0 bridgehead atoms. The third-order valence-electron chi connectivity index (χ3n) is 2.67. The lowest BCUT2D eigenvalue weighted by Crippen LogP contribution is -2.41. The molecular weight excluding hydrogens is 157 g/mol. The Morgan fingerprint density at radius 3 is 2.83 bits per heavy atom. The van der Waals surface area contributed by atoms with Crippen molar-refractivity contribution in [2.45, 2.75) is 31.9 Å². The zero-order chi connectivity index (χ0) is 9.03. The summed E-state index contributed by atoms with van der Waals surface area (Å²) in [6.07, 6.45) is 2.25. The number of alkyl halides is 1. The largest absolute Gasteiger partial charge is 0.381 e. The molecule has 3 heteroatoms. The second-order valence-corrected chi connectivity index (χ2v) is 3.55. The molecule has 2 atom stereocenters. The van der Waals surface area contributed by atoms with Crippen molar-refractivity contribution in [2.24, 2.45) is 11.7 Å². The molecule has 0 saturated carbocycles. The number of halogens is 1. The number of hydrogen-bond acceptors (Lipinski definition) is 2. The van der Waals surface area contributed by atoms with E-state index in [1.54, 1.807) is 0 Å². The molecule has 12 heavy (non-hydrogen) atoms. The van der Waals surface area contributed by atoms with Crippen molar-refractivity contribution in [3.05, 3.63) is 0 Å². The number of rotatable bonds is 4. The van der Waals surface area contributed by atoms with Crippen LogP contribution in [0.2, 0.25) is 0 Å². The van der Waals surface area contributed by atoms with Gasteiger partial charge in [-0.25, -0.2) is 4.39 Å². The number of nitrogens with two attached hydrogens (primary N) is 1. The minimum absolute atomic E-state index is 0.0300.